The van der Waals surface area contributed by atoms with Crippen LogP contribution in [0.25, 0.3) is 0 Å². The molecule has 0 atom stereocenters. The monoisotopic (exact) mass is 356 g/mol. The van der Waals surface area contributed by atoms with E-state index in [4.69, 9.17) is 0 Å². The van der Waals surface area contributed by atoms with Crippen LogP contribution in [0.4, 0.5) is 10.1 Å². The van der Waals surface area contributed by atoms with Gasteiger partial charge in [0, 0.05) is 12.4 Å². The van der Waals surface area contributed by atoms with Gasteiger partial charge >= 0.3 is 0 Å². The number of aromatic nitrogens is 1. The lowest BCUT2D eigenvalue weighted by Gasteiger charge is -2.24. The van der Waals surface area contributed by atoms with E-state index in [1.54, 1.807) is 54.9 Å². The molecular weight excluding hydrogens is 339 g/mol. The zero-order valence-corrected chi connectivity index (χ0v) is 14.4. The number of pyridine rings is 1. The molecule has 3 aromatic rings. The number of hydrogen-bond donors (Lipinski definition) is 0. The Morgan fingerprint density at radius 3 is 2.44 bits per heavy atom. The lowest BCUT2D eigenvalue weighted by molar-refractivity contribution is 0.590. The summed E-state index contributed by atoms with van der Waals surface area (Å²) in [5, 5.41) is 0. The van der Waals surface area contributed by atoms with Gasteiger partial charge in [0.1, 0.15) is 5.82 Å². The summed E-state index contributed by atoms with van der Waals surface area (Å²) in [6.07, 6.45) is 3.21. The van der Waals surface area contributed by atoms with Crippen molar-refractivity contribution in [2.24, 2.45) is 0 Å². The van der Waals surface area contributed by atoms with Gasteiger partial charge in [-0.3, -0.25) is 9.29 Å². The number of hydrogen-bond acceptors (Lipinski definition) is 3. The molecule has 1 aromatic heterocycles. The molecule has 128 valence electrons. The lowest BCUT2D eigenvalue weighted by atomic mass is 10.2. The second kappa shape index (κ2) is 7.03. The molecule has 0 amide bonds. The molecule has 0 aliphatic rings. The van der Waals surface area contributed by atoms with Gasteiger partial charge in [0.15, 0.2) is 0 Å². The predicted molar refractivity (Wildman–Crippen MR) is 95.2 cm³/mol. The summed E-state index contributed by atoms with van der Waals surface area (Å²) in [5.74, 6) is -0.493. The van der Waals surface area contributed by atoms with E-state index in [1.807, 2.05) is 6.92 Å². The molecule has 0 radical (unpaired) electrons. The first-order valence-electron chi connectivity index (χ1n) is 7.71. The molecule has 0 saturated heterocycles. The first-order valence-corrected chi connectivity index (χ1v) is 9.15. The Bertz CT molecular complexity index is 958. The summed E-state index contributed by atoms with van der Waals surface area (Å²) < 4.78 is 41.2. The predicted octanol–water partition coefficient (Wildman–Crippen LogP) is 3.92. The van der Waals surface area contributed by atoms with Gasteiger partial charge in [-0.25, -0.2) is 12.8 Å². The van der Waals surface area contributed by atoms with Gasteiger partial charge in [0.05, 0.1) is 17.1 Å². The molecular formula is C19H17FN2O2S. The third kappa shape index (κ3) is 3.85. The number of halogens is 1. The van der Waals surface area contributed by atoms with E-state index in [-0.39, 0.29) is 17.1 Å². The molecule has 3 rings (SSSR count). The number of rotatable bonds is 5. The molecule has 0 spiro atoms. The number of nitrogens with zero attached hydrogens (tertiary/aromatic N) is 2. The van der Waals surface area contributed by atoms with E-state index in [0.717, 1.165) is 5.56 Å². The smallest absolute Gasteiger partial charge is 0.264 e. The van der Waals surface area contributed by atoms with E-state index < -0.39 is 15.8 Å². The van der Waals surface area contributed by atoms with Crippen LogP contribution in [-0.2, 0) is 16.6 Å². The normalized spacial score (nSPS) is 11.3. The van der Waals surface area contributed by atoms with Gasteiger partial charge in [-0.1, -0.05) is 29.8 Å². The fourth-order valence-corrected chi connectivity index (χ4v) is 3.89. The molecule has 6 heteroatoms. The van der Waals surface area contributed by atoms with Crippen LogP contribution in [0.15, 0.2) is 78.0 Å². The highest BCUT2D eigenvalue weighted by atomic mass is 32.2. The highest BCUT2D eigenvalue weighted by Crippen LogP contribution is 2.26. The molecule has 25 heavy (non-hydrogen) atoms. The minimum Gasteiger partial charge on any atom is -0.264 e. The topological polar surface area (TPSA) is 50.3 Å². The Labute approximate surface area is 146 Å². The number of aryl methyl sites for hydroxylation is 1. The van der Waals surface area contributed by atoms with Crippen molar-refractivity contribution in [2.75, 3.05) is 4.31 Å². The minimum atomic E-state index is -3.85. The quantitative estimate of drug-likeness (QED) is 0.696. The average Bonchev–Trinajstić information content (AvgIpc) is 2.61. The lowest BCUT2D eigenvalue weighted by Crippen LogP contribution is -2.30. The fraction of sp³-hybridized carbons (Fsp3) is 0.105. The zero-order chi connectivity index (χ0) is 17.9. The SMILES string of the molecule is Cc1ccc(S(=O)(=O)N(Cc2cccnc2)c2cccc(F)c2)cc1. The molecule has 0 saturated carbocycles. The van der Waals surface area contributed by atoms with Crippen LogP contribution < -0.4 is 4.31 Å². The molecule has 0 fully saturated rings. The van der Waals surface area contributed by atoms with Crippen molar-refractivity contribution in [2.45, 2.75) is 18.4 Å². The van der Waals surface area contributed by atoms with Gasteiger partial charge in [-0.15, -0.1) is 0 Å². The van der Waals surface area contributed by atoms with Crippen molar-refractivity contribution in [3.05, 3.63) is 90.0 Å². The maximum Gasteiger partial charge on any atom is 0.264 e. The van der Waals surface area contributed by atoms with Crippen LogP contribution >= 0.6 is 0 Å². The van der Waals surface area contributed by atoms with Gasteiger partial charge in [-0.05, 0) is 48.9 Å². The maximum atomic E-state index is 13.7. The Kier molecular flexibility index (Phi) is 4.81. The summed E-state index contributed by atoms with van der Waals surface area (Å²) in [6, 6.07) is 15.7. The van der Waals surface area contributed by atoms with Crippen LogP contribution in [0.5, 0.6) is 0 Å². The molecule has 2 aromatic carbocycles. The van der Waals surface area contributed by atoms with E-state index in [1.165, 1.54) is 22.5 Å². The Balaban J connectivity index is 2.08. The summed E-state index contributed by atoms with van der Waals surface area (Å²) in [5.41, 5.74) is 1.94. The molecule has 0 unspecified atom stereocenters. The average molecular weight is 356 g/mol. The van der Waals surface area contributed by atoms with Crippen LogP contribution in [-0.4, -0.2) is 13.4 Å². The van der Waals surface area contributed by atoms with Crippen LogP contribution in [0.1, 0.15) is 11.1 Å². The number of benzene rings is 2. The van der Waals surface area contributed by atoms with Gasteiger partial charge in [0.25, 0.3) is 10.0 Å². The second-order valence-electron chi connectivity index (χ2n) is 5.67. The third-order valence-corrected chi connectivity index (χ3v) is 5.54. The molecule has 1 heterocycles. The molecule has 0 N–H and O–H groups in total. The van der Waals surface area contributed by atoms with Crippen molar-refractivity contribution in [3.8, 4) is 0 Å². The number of sulfonamides is 1. The number of anilines is 1. The molecule has 0 aliphatic carbocycles. The van der Waals surface area contributed by atoms with Crippen molar-refractivity contribution in [1.82, 2.24) is 4.98 Å². The molecule has 0 aliphatic heterocycles. The third-order valence-electron chi connectivity index (χ3n) is 3.75. The zero-order valence-electron chi connectivity index (χ0n) is 13.6. The fourth-order valence-electron chi connectivity index (χ4n) is 2.44. The van der Waals surface area contributed by atoms with Crippen LogP contribution in [0.3, 0.4) is 0 Å². The van der Waals surface area contributed by atoms with Crippen LogP contribution in [0.2, 0.25) is 0 Å². The summed E-state index contributed by atoms with van der Waals surface area (Å²) in [7, 11) is -3.85. The van der Waals surface area contributed by atoms with E-state index >= 15 is 0 Å². The summed E-state index contributed by atoms with van der Waals surface area (Å²) in [6.45, 7) is 1.95. The van der Waals surface area contributed by atoms with Crippen molar-refractivity contribution >= 4 is 15.7 Å². The summed E-state index contributed by atoms with van der Waals surface area (Å²) in [4.78, 5) is 4.18. The van der Waals surface area contributed by atoms with Crippen LogP contribution in [0, 0.1) is 12.7 Å². The first kappa shape index (κ1) is 17.1. The Morgan fingerprint density at radius 1 is 1.04 bits per heavy atom. The molecule has 4 nitrogen and oxygen atoms in total. The summed E-state index contributed by atoms with van der Waals surface area (Å²) >= 11 is 0. The Hall–Kier alpha value is -2.73. The van der Waals surface area contributed by atoms with Crippen molar-refractivity contribution in [1.29, 1.82) is 0 Å². The highest BCUT2D eigenvalue weighted by molar-refractivity contribution is 7.92. The van der Waals surface area contributed by atoms with E-state index in [9.17, 15) is 12.8 Å². The minimum absolute atomic E-state index is 0.0630. The second-order valence-corrected chi connectivity index (χ2v) is 7.53. The van der Waals surface area contributed by atoms with Gasteiger partial charge in [-0.2, -0.15) is 0 Å². The van der Waals surface area contributed by atoms with E-state index in [2.05, 4.69) is 4.98 Å². The van der Waals surface area contributed by atoms with Crippen molar-refractivity contribution < 1.29 is 12.8 Å². The highest BCUT2D eigenvalue weighted by Gasteiger charge is 2.25. The van der Waals surface area contributed by atoms with Gasteiger partial charge < -0.3 is 0 Å². The van der Waals surface area contributed by atoms with Crippen molar-refractivity contribution in [3.63, 3.8) is 0 Å². The first-order chi connectivity index (χ1) is 12.0. The Morgan fingerprint density at radius 2 is 1.80 bits per heavy atom. The van der Waals surface area contributed by atoms with E-state index in [0.29, 0.717) is 5.56 Å². The molecule has 0 bridgehead atoms. The maximum absolute atomic E-state index is 13.7. The largest absolute Gasteiger partial charge is 0.264 e. The van der Waals surface area contributed by atoms with Gasteiger partial charge in [0.2, 0.25) is 0 Å². The standard InChI is InChI=1S/C19H17FN2O2S/c1-15-7-9-19(10-8-15)25(23,24)22(14-16-4-3-11-21-13-16)18-6-2-5-17(20)12-18/h2-13H,14H2,1H3.